The van der Waals surface area contributed by atoms with E-state index in [-0.39, 0.29) is 5.91 Å². The van der Waals surface area contributed by atoms with Crippen LogP contribution in [0.1, 0.15) is 34.9 Å². The molecule has 7 heteroatoms. The summed E-state index contributed by atoms with van der Waals surface area (Å²) in [4.78, 5) is 21.9. The van der Waals surface area contributed by atoms with Crippen LogP contribution in [0.3, 0.4) is 0 Å². The van der Waals surface area contributed by atoms with Crippen molar-refractivity contribution in [1.29, 1.82) is 0 Å². The lowest BCUT2D eigenvalue weighted by Crippen LogP contribution is -2.30. The van der Waals surface area contributed by atoms with Crippen molar-refractivity contribution in [2.45, 2.75) is 27.3 Å². The summed E-state index contributed by atoms with van der Waals surface area (Å²) in [6.45, 7) is 7.77. The quantitative estimate of drug-likeness (QED) is 0.769. The minimum Gasteiger partial charge on any atom is -0.338 e. The van der Waals surface area contributed by atoms with Crippen LogP contribution in [0, 0.1) is 6.92 Å². The molecule has 0 atom stereocenters. The van der Waals surface area contributed by atoms with E-state index < -0.39 is 0 Å². The average Bonchev–Trinajstić information content (AvgIpc) is 3.24. The van der Waals surface area contributed by atoms with E-state index in [1.165, 1.54) is 11.3 Å². The number of hydrogen-bond donors (Lipinski definition) is 1. The van der Waals surface area contributed by atoms with Gasteiger partial charge in [0.2, 0.25) is 0 Å². The van der Waals surface area contributed by atoms with Crippen molar-refractivity contribution in [2.75, 3.05) is 13.1 Å². The summed E-state index contributed by atoms with van der Waals surface area (Å²) in [5, 5.41) is 2.03. The van der Waals surface area contributed by atoms with E-state index in [1.807, 2.05) is 47.6 Å². The van der Waals surface area contributed by atoms with E-state index in [1.54, 1.807) is 11.3 Å². The minimum atomic E-state index is 0.0728. The van der Waals surface area contributed by atoms with E-state index in [9.17, 15) is 4.79 Å². The molecule has 0 saturated carbocycles. The second-order valence-electron chi connectivity index (χ2n) is 5.20. The van der Waals surface area contributed by atoms with E-state index in [4.69, 9.17) is 10.7 Å². The molecule has 23 heavy (non-hydrogen) atoms. The highest BCUT2D eigenvalue weighted by Gasteiger charge is 2.24. The number of rotatable bonds is 5. The molecule has 1 amide bonds. The predicted octanol–water partition coefficient (Wildman–Crippen LogP) is 3.37. The topological polar surface area (TPSA) is 63.6 Å². The number of amides is 1. The molecule has 0 aliphatic heterocycles. The number of imidazole rings is 1. The van der Waals surface area contributed by atoms with Gasteiger partial charge in [0, 0.05) is 25.3 Å². The third kappa shape index (κ3) is 2.58. The van der Waals surface area contributed by atoms with Crippen molar-refractivity contribution in [3.63, 3.8) is 0 Å². The smallest absolute Gasteiger partial charge is 0.265 e. The summed E-state index contributed by atoms with van der Waals surface area (Å²) >= 11 is 3.10. The van der Waals surface area contributed by atoms with Gasteiger partial charge in [0.25, 0.3) is 5.91 Å². The van der Waals surface area contributed by atoms with Crippen molar-refractivity contribution in [3.05, 3.63) is 33.8 Å². The molecule has 0 bridgehead atoms. The van der Waals surface area contributed by atoms with Crippen LogP contribution in [0.5, 0.6) is 0 Å². The number of carbonyl (C=O) groups excluding carboxylic acids is 1. The molecule has 0 fully saturated rings. The zero-order valence-electron chi connectivity index (χ0n) is 13.5. The lowest BCUT2D eigenvalue weighted by molar-refractivity contribution is 0.0776. The highest BCUT2D eigenvalue weighted by molar-refractivity contribution is 7.19. The van der Waals surface area contributed by atoms with Crippen molar-refractivity contribution < 1.29 is 4.79 Å². The molecule has 0 aliphatic carbocycles. The van der Waals surface area contributed by atoms with Crippen LogP contribution < -0.4 is 5.73 Å². The maximum atomic E-state index is 12.7. The van der Waals surface area contributed by atoms with E-state index in [0.29, 0.717) is 19.6 Å². The Hall–Kier alpha value is -1.70. The van der Waals surface area contributed by atoms with Crippen LogP contribution in [-0.4, -0.2) is 33.3 Å². The molecule has 3 aromatic heterocycles. The highest BCUT2D eigenvalue weighted by atomic mass is 32.1. The van der Waals surface area contributed by atoms with E-state index in [0.717, 1.165) is 31.8 Å². The molecule has 3 rings (SSSR count). The Balaban J connectivity index is 2.14. The Morgan fingerprint density at radius 2 is 2.13 bits per heavy atom. The maximum Gasteiger partial charge on any atom is 0.265 e. The fourth-order valence-electron chi connectivity index (χ4n) is 2.76. The minimum absolute atomic E-state index is 0.0728. The Morgan fingerprint density at radius 1 is 1.39 bits per heavy atom. The molecule has 3 aromatic rings. The molecule has 0 aliphatic rings. The molecule has 5 nitrogen and oxygen atoms in total. The highest BCUT2D eigenvalue weighted by Crippen LogP contribution is 2.33. The molecule has 0 saturated heterocycles. The van der Waals surface area contributed by atoms with Gasteiger partial charge in [-0.25, -0.2) is 4.98 Å². The third-order valence-corrected chi connectivity index (χ3v) is 6.00. The van der Waals surface area contributed by atoms with Gasteiger partial charge in [-0.1, -0.05) is 17.4 Å². The van der Waals surface area contributed by atoms with Crippen molar-refractivity contribution in [3.8, 4) is 10.6 Å². The van der Waals surface area contributed by atoms with Crippen LogP contribution in [0.25, 0.3) is 15.5 Å². The van der Waals surface area contributed by atoms with Gasteiger partial charge in [-0.2, -0.15) is 0 Å². The molecular formula is C16H20N4OS2. The molecule has 0 radical (unpaired) electrons. The number of thiazole rings is 1. The van der Waals surface area contributed by atoms with E-state index in [2.05, 4.69) is 0 Å². The van der Waals surface area contributed by atoms with E-state index >= 15 is 0 Å². The molecule has 0 unspecified atom stereocenters. The zero-order valence-corrected chi connectivity index (χ0v) is 15.1. The Morgan fingerprint density at radius 3 is 2.70 bits per heavy atom. The summed E-state index contributed by atoms with van der Waals surface area (Å²) in [5.74, 6) is 0.0728. The molecule has 2 N–H and O–H groups in total. The maximum absolute atomic E-state index is 12.7. The Bertz CT molecular complexity index is 828. The molecule has 0 spiro atoms. The van der Waals surface area contributed by atoms with Crippen molar-refractivity contribution >= 4 is 33.5 Å². The molecule has 3 heterocycles. The normalized spacial score (nSPS) is 11.3. The first kappa shape index (κ1) is 16.2. The third-order valence-electron chi connectivity index (χ3n) is 3.99. The predicted molar refractivity (Wildman–Crippen MR) is 96.3 cm³/mol. The van der Waals surface area contributed by atoms with Gasteiger partial charge in [-0.3, -0.25) is 9.20 Å². The number of fused-ring (bicyclic) bond motifs is 1. The number of aromatic nitrogens is 2. The van der Waals surface area contributed by atoms with Crippen LogP contribution in [0.2, 0.25) is 0 Å². The number of hydrogen-bond acceptors (Lipinski definition) is 5. The number of thiophene rings is 1. The van der Waals surface area contributed by atoms with Gasteiger partial charge in [0.1, 0.15) is 10.6 Å². The monoisotopic (exact) mass is 348 g/mol. The fourth-order valence-corrected chi connectivity index (χ4v) is 4.61. The van der Waals surface area contributed by atoms with Gasteiger partial charge >= 0.3 is 0 Å². The first-order valence-electron chi connectivity index (χ1n) is 7.66. The summed E-state index contributed by atoms with van der Waals surface area (Å²) in [7, 11) is 0. The summed E-state index contributed by atoms with van der Waals surface area (Å²) < 4.78 is 2.04. The van der Waals surface area contributed by atoms with Crippen molar-refractivity contribution in [1.82, 2.24) is 14.3 Å². The van der Waals surface area contributed by atoms with Gasteiger partial charge in [0.15, 0.2) is 4.96 Å². The summed E-state index contributed by atoms with van der Waals surface area (Å²) in [6.07, 6.45) is 0. The number of aryl methyl sites for hydroxylation is 1. The number of nitrogens with two attached hydrogens (primary N) is 1. The summed E-state index contributed by atoms with van der Waals surface area (Å²) in [6, 6.07) is 4.06. The Kier molecular flexibility index (Phi) is 4.52. The standard InChI is InChI=1S/C16H20N4OS2/c1-4-19(5-2)15(21)14-10(3)20-11(9-17)13(18-16(20)23-14)12-7-6-8-22-12/h6-8H,4-5,9,17H2,1-3H3. The van der Waals surface area contributed by atoms with Crippen LogP contribution in [-0.2, 0) is 6.54 Å². The second kappa shape index (κ2) is 6.43. The van der Waals surface area contributed by atoms with Crippen LogP contribution in [0.15, 0.2) is 17.5 Å². The summed E-state index contributed by atoms with van der Waals surface area (Å²) in [5.41, 5.74) is 8.81. The number of carbonyl (C=O) groups is 1. The zero-order chi connectivity index (χ0) is 16.6. The SMILES string of the molecule is CCN(CC)C(=O)c1sc2nc(-c3cccs3)c(CN)n2c1C. The molecule has 122 valence electrons. The largest absolute Gasteiger partial charge is 0.338 e. The van der Waals surface area contributed by atoms with Crippen LogP contribution in [0.4, 0.5) is 0 Å². The fraction of sp³-hybridized carbons (Fsp3) is 0.375. The van der Waals surface area contributed by atoms with Gasteiger partial charge in [-0.05, 0) is 32.2 Å². The lowest BCUT2D eigenvalue weighted by Gasteiger charge is -2.17. The van der Waals surface area contributed by atoms with Gasteiger partial charge < -0.3 is 10.6 Å². The average molecular weight is 348 g/mol. The molecule has 0 aromatic carbocycles. The molecular weight excluding hydrogens is 328 g/mol. The van der Waals surface area contributed by atoms with Gasteiger partial charge in [0.05, 0.1) is 10.6 Å². The first-order chi connectivity index (χ1) is 11.1. The second-order valence-corrected chi connectivity index (χ2v) is 7.13. The van der Waals surface area contributed by atoms with Crippen LogP contribution >= 0.6 is 22.7 Å². The number of nitrogens with zero attached hydrogens (tertiary/aromatic N) is 3. The Labute approximate surface area is 143 Å². The van der Waals surface area contributed by atoms with Crippen molar-refractivity contribution in [2.24, 2.45) is 5.73 Å². The van der Waals surface area contributed by atoms with Gasteiger partial charge in [-0.15, -0.1) is 11.3 Å². The first-order valence-corrected chi connectivity index (χ1v) is 9.35. The lowest BCUT2D eigenvalue weighted by atomic mass is 10.2.